The molecule has 16 heavy (non-hydrogen) atoms. The quantitative estimate of drug-likeness (QED) is 0.434. The van der Waals surface area contributed by atoms with E-state index in [9.17, 15) is 10.2 Å². The summed E-state index contributed by atoms with van der Waals surface area (Å²) >= 11 is 0. The van der Waals surface area contributed by atoms with Gasteiger partial charge in [0.25, 0.3) is 0 Å². The van der Waals surface area contributed by atoms with Gasteiger partial charge in [-0.05, 0) is 19.0 Å². The molecule has 6 nitrogen and oxygen atoms in total. The zero-order valence-electron chi connectivity index (χ0n) is 8.87. The SMILES string of the molecule is NCCC(O)C(O)c1cnc(N)c(CO)c1. The lowest BCUT2D eigenvalue weighted by molar-refractivity contribution is 0.0147. The second kappa shape index (κ2) is 5.76. The Labute approximate surface area is 93.5 Å². The molecule has 2 unspecified atom stereocenters. The highest BCUT2D eigenvalue weighted by Crippen LogP contribution is 2.21. The molecular weight excluding hydrogens is 210 g/mol. The van der Waals surface area contributed by atoms with Gasteiger partial charge in [-0.2, -0.15) is 0 Å². The highest BCUT2D eigenvalue weighted by molar-refractivity contribution is 5.41. The molecule has 0 aliphatic rings. The molecule has 0 fully saturated rings. The van der Waals surface area contributed by atoms with Crippen molar-refractivity contribution in [2.75, 3.05) is 12.3 Å². The minimum atomic E-state index is -1.07. The summed E-state index contributed by atoms with van der Waals surface area (Å²) in [5, 5.41) is 28.3. The molecule has 6 heteroatoms. The molecule has 0 aliphatic heterocycles. The van der Waals surface area contributed by atoms with Gasteiger partial charge in [-0.3, -0.25) is 0 Å². The van der Waals surface area contributed by atoms with E-state index in [0.717, 1.165) is 0 Å². The van der Waals surface area contributed by atoms with Crippen LogP contribution in [0.4, 0.5) is 5.82 Å². The molecule has 0 amide bonds. The highest BCUT2D eigenvalue weighted by Gasteiger charge is 2.18. The molecule has 0 spiro atoms. The Balaban J connectivity index is 2.87. The lowest BCUT2D eigenvalue weighted by Gasteiger charge is -2.18. The lowest BCUT2D eigenvalue weighted by Crippen LogP contribution is -2.22. The number of aromatic nitrogens is 1. The third-order valence-corrected chi connectivity index (χ3v) is 2.36. The minimum absolute atomic E-state index is 0.215. The standard InChI is InChI=1S/C10H17N3O3/c11-2-1-8(15)9(16)6-3-7(5-14)10(12)13-4-6/h3-4,8-9,14-16H,1-2,5,11H2,(H2,12,13). The summed E-state index contributed by atoms with van der Waals surface area (Å²) in [5.41, 5.74) is 11.6. The first-order chi connectivity index (χ1) is 7.60. The Bertz CT molecular complexity index is 346. The van der Waals surface area contributed by atoms with E-state index in [1.54, 1.807) is 0 Å². The fourth-order valence-corrected chi connectivity index (χ4v) is 1.38. The van der Waals surface area contributed by atoms with Crippen LogP contribution >= 0.6 is 0 Å². The highest BCUT2D eigenvalue weighted by atomic mass is 16.3. The Morgan fingerprint density at radius 3 is 2.62 bits per heavy atom. The smallest absolute Gasteiger partial charge is 0.128 e. The van der Waals surface area contributed by atoms with Crippen molar-refractivity contribution >= 4 is 5.82 Å². The molecule has 0 bridgehead atoms. The average molecular weight is 227 g/mol. The molecule has 0 aromatic carbocycles. The van der Waals surface area contributed by atoms with E-state index in [-0.39, 0.29) is 19.0 Å². The molecule has 0 radical (unpaired) electrons. The van der Waals surface area contributed by atoms with Crippen LogP contribution in [0, 0.1) is 0 Å². The molecule has 0 aliphatic carbocycles. The molecule has 2 atom stereocenters. The van der Waals surface area contributed by atoms with Crippen molar-refractivity contribution in [3.8, 4) is 0 Å². The summed E-state index contributed by atoms with van der Waals surface area (Å²) < 4.78 is 0. The summed E-state index contributed by atoms with van der Waals surface area (Å²) in [5.74, 6) is 0.215. The van der Waals surface area contributed by atoms with Crippen molar-refractivity contribution in [3.05, 3.63) is 23.4 Å². The fourth-order valence-electron chi connectivity index (χ4n) is 1.38. The molecule has 1 rings (SSSR count). The zero-order chi connectivity index (χ0) is 12.1. The number of nitrogens with zero attached hydrogens (tertiary/aromatic N) is 1. The van der Waals surface area contributed by atoms with E-state index < -0.39 is 12.2 Å². The maximum absolute atomic E-state index is 9.76. The lowest BCUT2D eigenvalue weighted by atomic mass is 10.0. The maximum Gasteiger partial charge on any atom is 0.128 e. The molecule has 0 saturated heterocycles. The predicted octanol–water partition coefficient (Wildman–Crippen LogP) is -1.10. The van der Waals surface area contributed by atoms with E-state index in [0.29, 0.717) is 17.5 Å². The van der Waals surface area contributed by atoms with Crippen molar-refractivity contribution < 1.29 is 15.3 Å². The molecule has 7 N–H and O–H groups in total. The van der Waals surface area contributed by atoms with E-state index in [2.05, 4.69) is 4.98 Å². The fraction of sp³-hybridized carbons (Fsp3) is 0.500. The van der Waals surface area contributed by atoms with Crippen LogP contribution in [0.3, 0.4) is 0 Å². The molecule has 0 saturated carbocycles. The number of aliphatic hydroxyl groups is 3. The van der Waals surface area contributed by atoms with Gasteiger partial charge in [-0.1, -0.05) is 0 Å². The number of nitrogens with two attached hydrogens (primary N) is 2. The summed E-state index contributed by atoms with van der Waals surface area (Å²) in [7, 11) is 0. The van der Waals surface area contributed by atoms with Crippen LogP contribution in [0.5, 0.6) is 0 Å². The first-order valence-electron chi connectivity index (χ1n) is 5.01. The van der Waals surface area contributed by atoms with Gasteiger partial charge >= 0.3 is 0 Å². The normalized spacial score (nSPS) is 14.8. The Kier molecular flexibility index (Phi) is 4.63. The molecular formula is C10H17N3O3. The molecule has 1 aromatic heterocycles. The van der Waals surface area contributed by atoms with E-state index >= 15 is 0 Å². The summed E-state index contributed by atoms with van der Waals surface area (Å²) in [6.45, 7) is 0.0276. The van der Waals surface area contributed by atoms with Gasteiger partial charge < -0.3 is 26.8 Å². The van der Waals surface area contributed by atoms with Gasteiger partial charge in [0.1, 0.15) is 11.9 Å². The Hall–Kier alpha value is -1.21. The minimum Gasteiger partial charge on any atom is -0.392 e. The van der Waals surface area contributed by atoms with Crippen molar-refractivity contribution in [1.82, 2.24) is 4.98 Å². The number of rotatable bonds is 5. The van der Waals surface area contributed by atoms with Gasteiger partial charge in [0, 0.05) is 17.3 Å². The number of anilines is 1. The molecule has 1 aromatic rings. The number of aliphatic hydroxyl groups excluding tert-OH is 3. The number of hydrogen-bond acceptors (Lipinski definition) is 6. The summed E-state index contributed by atoms with van der Waals surface area (Å²) in [6.07, 6.45) is -0.345. The van der Waals surface area contributed by atoms with Gasteiger partial charge in [-0.15, -0.1) is 0 Å². The van der Waals surface area contributed by atoms with Gasteiger partial charge in [0.05, 0.1) is 12.7 Å². The second-order valence-corrected chi connectivity index (χ2v) is 3.56. The van der Waals surface area contributed by atoms with Gasteiger partial charge in [0.2, 0.25) is 0 Å². The Morgan fingerprint density at radius 2 is 2.06 bits per heavy atom. The van der Waals surface area contributed by atoms with E-state index in [4.69, 9.17) is 16.6 Å². The Morgan fingerprint density at radius 1 is 1.38 bits per heavy atom. The maximum atomic E-state index is 9.76. The van der Waals surface area contributed by atoms with Gasteiger partial charge in [0.15, 0.2) is 0 Å². The average Bonchev–Trinajstić information content (AvgIpc) is 2.29. The topological polar surface area (TPSA) is 126 Å². The van der Waals surface area contributed by atoms with Crippen molar-refractivity contribution in [3.63, 3.8) is 0 Å². The summed E-state index contributed by atoms with van der Waals surface area (Å²) in [4.78, 5) is 3.83. The van der Waals surface area contributed by atoms with Crippen molar-refractivity contribution in [2.24, 2.45) is 5.73 Å². The van der Waals surface area contributed by atoms with Crippen molar-refractivity contribution in [2.45, 2.75) is 25.2 Å². The van der Waals surface area contributed by atoms with Crippen LogP contribution in [-0.2, 0) is 6.61 Å². The van der Waals surface area contributed by atoms with E-state index in [1.165, 1.54) is 12.3 Å². The largest absolute Gasteiger partial charge is 0.392 e. The van der Waals surface area contributed by atoms with Crippen LogP contribution < -0.4 is 11.5 Å². The van der Waals surface area contributed by atoms with Crippen molar-refractivity contribution in [1.29, 1.82) is 0 Å². The van der Waals surface area contributed by atoms with E-state index in [1.807, 2.05) is 0 Å². The third kappa shape index (κ3) is 2.89. The monoisotopic (exact) mass is 227 g/mol. The molecule has 90 valence electrons. The van der Waals surface area contributed by atoms with Crippen LogP contribution in [-0.4, -0.2) is 33.0 Å². The number of hydrogen-bond donors (Lipinski definition) is 5. The van der Waals surface area contributed by atoms with Crippen LogP contribution in [0.15, 0.2) is 12.3 Å². The zero-order valence-corrected chi connectivity index (χ0v) is 8.87. The second-order valence-electron chi connectivity index (χ2n) is 3.56. The number of nitrogen functional groups attached to an aromatic ring is 1. The molecule has 1 heterocycles. The van der Waals surface area contributed by atoms with Crippen LogP contribution in [0.2, 0.25) is 0 Å². The van der Waals surface area contributed by atoms with Crippen LogP contribution in [0.25, 0.3) is 0 Å². The first kappa shape index (κ1) is 12.9. The third-order valence-electron chi connectivity index (χ3n) is 2.36. The first-order valence-corrected chi connectivity index (χ1v) is 5.01. The number of pyridine rings is 1. The summed E-state index contributed by atoms with van der Waals surface area (Å²) in [6, 6.07) is 1.52. The van der Waals surface area contributed by atoms with Gasteiger partial charge in [-0.25, -0.2) is 4.98 Å². The predicted molar refractivity (Wildman–Crippen MR) is 59.2 cm³/mol. The van der Waals surface area contributed by atoms with Crippen LogP contribution in [0.1, 0.15) is 23.7 Å².